The van der Waals surface area contributed by atoms with Crippen LogP contribution >= 0.6 is 0 Å². The van der Waals surface area contributed by atoms with Crippen LogP contribution in [0, 0.1) is 33.1 Å². The number of carbonyl (C=O) groups excluding carboxylic acids is 1. The molecule has 0 unspecified atom stereocenters. The van der Waals surface area contributed by atoms with Crippen molar-refractivity contribution in [3.8, 4) is 6.07 Å². The van der Waals surface area contributed by atoms with Gasteiger partial charge in [-0.05, 0) is 13.0 Å². The molecule has 0 radical (unpaired) electrons. The van der Waals surface area contributed by atoms with Crippen LogP contribution in [0.5, 0.6) is 0 Å². The summed E-state index contributed by atoms with van der Waals surface area (Å²) in [6, 6.07) is 2.53. The molecule has 8 heteroatoms. The number of hydrogen-bond acceptors (Lipinski definition) is 4. The van der Waals surface area contributed by atoms with E-state index in [1.165, 1.54) is 0 Å². The maximum atomic E-state index is 13.6. The second kappa shape index (κ2) is 5.86. The summed E-state index contributed by atoms with van der Waals surface area (Å²) in [6.45, 7) is 1.41. The summed E-state index contributed by atoms with van der Waals surface area (Å²) in [5.41, 5.74) is -1.68. The zero-order valence-corrected chi connectivity index (χ0v) is 9.89. The molecule has 0 N–H and O–H groups in total. The Morgan fingerprint density at radius 3 is 2.58 bits per heavy atom. The summed E-state index contributed by atoms with van der Waals surface area (Å²) in [7, 11) is 0. The van der Waals surface area contributed by atoms with Gasteiger partial charge in [0.25, 0.3) is 5.91 Å². The number of nitriles is 1. The number of nitrogens with zero attached hydrogens (tertiary/aromatic N) is 3. The first-order valence-corrected chi connectivity index (χ1v) is 5.22. The van der Waals surface area contributed by atoms with Gasteiger partial charge in [0.1, 0.15) is 12.4 Å². The molecule has 1 amide bonds. The summed E-state index contributed by atoms with van der Waals surface area (Å²) in [5, 5.41) is 18.9. The first kappa shape index (κ1) is 14.5. The van der Waals surface area contributed by atoms with Crippen LogP contribution in [0.25, 0.3) is 0 Å². The Morgan fingerprint density at radius 1 is 1.47 bits per heavy atom. The van der Waals surface area contributed by atoms with Crippen molar-refractivity contribution in [1.82, 2.24) is 4.90 Å². The second-order valence-electron chi connectivity index (χ2n) is 3.52. The summed E-state index contributed by atoms with van der Waals surface area (Å²) in [4.78, 5) is 22.1. The number of hydrogen-bond donors (Lipinski definition) is 0. The average molecular weight is 269 g/mol. The average Bonchev–Trinajstić information content (AvgIpc) is 2.37. The number of rotatable bonds is 4. The SMILES string of the molecule is CCN(CC#N)C(=O)c1cc(F)c([N+](=O)[O-])cc1F. The van der Waals surface area contributed by atoms with Crippen LogP contribution in [0.1, 0.15) is 17.3 Å². The molecule has 0 saturated carbocycles. The van der Waals surface area contributed by atoms with Crippen molar-refractivity contribution in [2.24, 2.45) is 0 Å². The Morgan fingerprint density at radius 2 is 2.11 bits per heavy atom. The third-order valence-electron chi connectivity index (χ3n) is 2.39. The molecule has 0 aliphatic carbocycles. The van der Waals surface area contributed by atoms with E-state index in [-0.39, 0.29) is 13.1 Å². The van der Waals surface area contributed by atoms with Crippen LogP contribution in [0.15, 0.2) is 12.1 Å². The van der Waals surface area contributed by atoms with Crippen LogP contribution in [0.2, 0.25) is 0 Å². The van der Waals surface area contributed by atoms with Crippen molar-refractivity contribution in [3.63, 3.8) is 0 Å². The molecule has 0 aliphatic heterocycles. The lowest BCUT2D eigenvalue weighted by Gasteiger charge is -2.17. The van der Waals surface area contributed by atoms with Crippen molar-refractivity contribution in [3.05, 3.63) is 39.4 Å². The molecule has 0 aromatic heterocycles. The Balaban J connectivity index is 3.22. The summed E-state index contributed by atoms with van der Waals surface area (Å²) in [6.07, 6.45) is 0. The number of nitro benzene ring substituents is 1. The van der Waals surface area contributed by atoms with E-state index in [9.17, 15) is 23.7 Å². The van der Waals surface area contributed by atoms with E-state index in [2.05, 4.69) is 0 Å². The zero-order valence-electron chi connectivity index (χ0n) is 9.89. The van der Waals surface area contributed by atoms with Crippen LogP contribution in [0.4, 0.5) is 14.5 Å². The highest BCUT2D eigenvalue weighted by molar-refractivity contribution is 5.95. The fourth-order valence-corrected chi connectivity index (χ4v) is 1.42. The van der Waals surface area contributed by atoms with E-state index in [1.807, 2.05) is 0 Å². The molecule has 6 nitrogen and oxygen atoms in total. The van der Waals surface area contributed by atoms with Crippen molar-refractivity contribution < 1.29 is 18.5 Å². The van der Waals surface area contributed by atoms with Gasteiger partial charge in [-0.1, -0.05) is 0 Å². The number of amides is 1. The van der Waals surface area contributed by atoms with E-state index in [1.54, 1.807) is 13.0 Å². The highest BCUT2D eigenvalue weighted by Gasteiger charge is 2.24. The Kier molecular flexibility index (Phi) is 4.47. The third-order valence-corrected chi connectivity index (χ3v) is 2.39. The highest BCUT2D eigenvalue weighted by atomic mass is 19.1. The lowest BCUT2D eigenvalue weighted by Crippen LogP contribution is -2.31. The van der Waals surface area contributed by atoms with E-state index in [4.69, 9.17) is 5.26 Å². The summed E-state index contributed by atoms with van der Waals surface area (Å²) >= 11 is 0. The smallest absolute Gasteiger partial charge is 0.307 e. The third kappa shape index (κ3) is 3.01. The largest absolute Gasteiger partial charge is 0.326 e. The monoisotopic (exact) mass is 269 g/mol. The molecule has 19 heavy (non-hydrogen) atoms. The number of halogens is 2. The first-order chi connectivity index (χ1) is 8.92. The Bertz CT molecular complexity index is 569. The molecular weight excluding hydrogens is 260 g/mol. The van der Waals surface area contributed by atoms with Gasteiger partial charge in [-0.3, -0.25) is 14.9 Å². The van der Waals surface area contributed by atoms with Gasteiger partial charge in [0.05, 0.1) is 22.6 Å². The van der Waals surface area contributed by atoms with Gasteiger partial charge in [-0.25, -0.2) is 4.39 Å². The quantitative estimate of drug-likeness (QED) is 0.474. The minimum Gasteiger partial charge on any atom is -0.326 e. The van der Waals surface area contributed by atoms with Crippen LogP contribution < -0.4 is 0 Å². The van der Waals surface area contributed by atoms with Gasteiger partial charge in [0.15, 0.2) is 0 Å². The second-order valence-corrected chi connectivity index (χ2v) is 3.52. The molecule has 0 aliphatic rings. The summed E-state index contributed by atoms with van der Waals surface area (Å²) in [5.74, 6) is -3.40. The fraction of sp³-hybridized carbons (Fsp3) is 0.273. The van der Waals surface area contributed by atoms with Gasteiger partial charge in [-0.2, -0.15) is 9.65 Å². The van der Waals surface area contributed by atoms with Gasteiger partial charge in [0.2, 0.25) is 5.82 Å². The topological polar surface area (TPSA) is 87.2 Å². The lowest BCUT2D eigenvalue weighted by molar-refractivity contribution is -0.387. The van der Waals surface area contributed by atoms with Crippen molar-refractivity contribution >= 4 is 11.6 Å². The van der Waals surface area contributed by atoms with Gasteiger partial charge in [-0.15, -0.1) is 0 Å². The number of carbonyl (C=O) groups is 1. The zero-order chi connectivity index (χ0) is 14.6. The van der Waals surface area contributed by atoms with Crippen LogP contribution in [0.3, 0.4) is 0 Å². The molecule has 0 fully saturated rings. The molecule has 1 rings (SSSR count). The van der Waals surface area contributed by atoms with Gasteiger partial charge in [0, 0.05) is 6.54 Å². The molecule has 100 valence electrons. The van der Waals surface area contributed by atoms with Gasteiger partial charge < -0.3 is 4.90 Å². The van der Waals surface area contributed by atoms with E-state index < -0.39 is 33.7 Å². The van der Waals surface area contributed by atoms with Crippen molar-refractivity contribution in [2.45, 2.75) is 6.92 Å². The molecule has 0 spiro atoms. The normalized spacial score (nSPS) is 9.79. The van der Waals surface area contributed by atoms with E-state index in [0.717, 1.165) is 4.90 Å². The van der Waals surface area contributed by atoms with Crippen LogP contribution in [-0.4, -0.2) is 28.8 Å². The number of nitro groups is 1. The molecule has 0 atom stereocenters. The Labute approximate surface area is 107 Å². The predicted molar refractivity (Wildman–Crippen MR) is 60.2 cm³/mol. The first-order valence-electron chi connectivity index (χ1n) is 5.22. The van der Waals surface area contributed by atoms with Gasteiger partial charge >= 0.3 is 5.69 Å². The van der Waals surface area contributed by atoms with Crippen LogP contribution in [-0.2, 0) is 0 Å². The molecule has 0 heterocycles. The maximum absolute atomic E-state index is 13.6. The van der Waals surface area contributed by atoms with E-state index >= 15 is 0 Å². The number of benzene rings is 1. The minimum atomic E-state index is -1.30. The summed E-state index contributed by atoms with van der Waals surface area (Å²) < 4.78 is 26.9. The highest BCUT2D eigenvalue weighted by Crippen LogP contribution is 2.22. The van der Waals surface area contributed by atoms with E-state index in [0.29, 0.717) is 12.1 Å². The molecule has 1 aromatic carbocycles. The lowest BCUT2D eigenvalue weighted by atomic mass is 10.1. The molecule has 0 bridgehead atoms. The van der Waals surface area contributed by atoms with Crippen molar-refractivity contribution in [2.75, 3.05) is 13.1 Å². The predicted octanol–water partition coefficient (Wildman–Crippen LogP) is 1.86. The molecular formula is C11H9F2N3O3. The Hall–Kier alpha value is -2.56. The standard InChI is InChI=1S/C11H9F2N3O3/c1-2-15(4-3-14)11(17)7-5-9(13)10(16(18)19)6-8(7)12/h5-6H,2,4H2,1H3. The maximum Gasteiger partial charge on any atom is 0.307 e. The molecule has 0 saturated heterocycles. The fourth-order valence-electron chi connectivity index (χ4n) is 1.42. The van der Waals surface area contributed by atoms with Crippen molar-refractivity contribution in [1.29, 1.82) is 5.26 Å². The minimum absolute atomic E-state index is 0.129. The molecule has 1 aromatic rings.